The van der Waals surface area contributed by atoms with Gasteiger partial charge in [0.1, 0.15) is 45.2 Å². The van der Waals surface area contributed by atoms with Crippen molar-refractivity contribution < 1.29 is 33.3 Å². The summed E-state index contributed by atoms with van der Waals surface area (Å²) in [5.41, 5.74) is -0.941. The average molecular weight is 837 g/mol. The molecule has 298 valence electrons. The second-order valence-electron chi connectivity index (χ2n) is 14.7. The number of ether oxygens (including phenoxy) is 5. The van der Waals surface area contributed by atoms with Gasteiger partial charge < -0.3 is 43.3 Å². The number of hydrogen-bond acceptors (Lipinski definition) is 12. The number of piperazine rings is 2. The zero-order valence-corrected chi connectivity index (χ0v) is 35.6. The number of methoxy groups -OCH3 is 3. The Labute approximate surface area is 333 Å². The smallest absolute Gasteiger partial charge is 0.410 e. The normalized spacial score (nSPS) is 17.3. The monoisotopic (exact) mass is 835 g/mol. The third-order valence-electron chi connectivity index (χ3n) is 8.06. The summed E-state index contributed by atoms with van der Waals surface area (Å²) >= 11 is 8.94. The molecule has 2 aliphatic heterocycles. The van der Waals surface area contributed by atoms with E-state index in [-0.39, 0.29) is 24.3 Å². The van der Waals surface area contributed by atoms with Gasteiger partial charge in [0.05, 0.1) is 25.8 Å². The second kappa shape index (κ2) is 19.9. The van der Waals surface area contributed by atoms with Crippen molar-refractivity contribution in [3.8, 4) is 17.2 Å². The van der Waals surface area contributed by atoms with E-state index in [1.165, 1.54) is 0 Å². The van der Waals surface area contributed by atoms with Crippen LogP contribution in [0.15, 0.2) is 53.4 Å². The largest absolute Gasteiger partial charge is 0.497 e. The number of pyridine rings is 3. The molecule has 54 heavy (non-hydrogen) atoms. The standard InChI is InChI=1S/C16H24BrN3O3.C16H25N3O3.C6H6ClNO/c1-11-10-19(15(21)23-16(2,3)4)6-7-20(11)14-8-13(22-5)12(17)9-18-14;1-12-11-18(15(20)22-16(2,3)4)8-9-19(12)14-10-13(21-5)6-7-17-14;1-9-5-2-3-8-6(7)4-5/h8-9,11H,6-7,10H2,1-5H3;6-7,10,12H,8-9,11H2,1-5H3;2-4H,1H3/t11-;12-;/m00./s1. The molecular weight excluding hydrogens is 782 g/mol. The third kappa shape index (κ3) is 13.9. The lowest BCUT2D eigenvalue weighted by Gasteiger charge is -2.40. The van der Waals surface area contributed by atoms with Gasteiger partial charge in [-0.3, -0.25) is 0 Å². The molecule has 0 aliphatic carbocycles. The lowest BCUT2D eigenvalue weighted by atomic mass is 10.2. The van der Waals surface area contributed by atoms with Crippen LogP contribution in [0.5, 0.6) is 17.2 Å². The predicted molar refractivity (Wildman–Crippen MR) is 214 cm³/mol. The summed E-state index contributed by atoms with van der Waals surface area (Å²) in [6.45, 7) is 19.3. The van der Waals surface area contributed by atoms with Crippen molar-refractivity contribution in [2.24, 2.45) is 0 Å². The fraction of sp³-hybridized carbons (Fsp3) is 0.553. The molecule has 0 N–H and O–H groups in total. The molecule has 16 heteroatoms. The van der Waals surface area contributed by atoms with Gasteiger partial charge in [0, 0.05) is 88.1 Å². The highest BCUT2D eigenvalue weighted by Gasteiger charge is 2.32. The number of anilines is 2. The molecule has 2 saturated heterocycles. The molecule has 2 atom stereocenters. The quantitative estimate of drug-likeness (QED) is 0.235. The minimum absolute atomic E-state index is 0.148. The Hall–Kier alpha value is -4.24. The molecular formula is C38H55BrClN7O7. The summed E-state index contributed by atoms with van der Waals surface area (Å²) in [6, 6.07) is 9.36. The first-order chi connectivity index (χ1) is 25.3. The van der Waals surface area contributed by atoms with E-state index in [0.29, 0.717) is 37.9 Å². The molecule has 2 fully saturated rings. The minimum atomic E-state index is -0.474. The van der Waals surface area contributed by atoms with E-state index < -0.39 is 11.2 Å². The van der Waals surface area contributed by atoms with Gasteiger partial charge in [-0.25, -0.2) is 24.5 Å². The van der Waals surface area contributed by atoms with E-state index in [2.05, 4.69) is 54.5 Å². The van der Waals surface area contributed by atoms with Crippen LogP contribution in [0.3, 0.4) is 0 Å². The van der Waals surface area contributed by atoms with Crippen molar-refractivity contribution in [2.45, 2.75) is 78.7 Å². The van der Waals surface area contributed by atoms with Crippen molar-refractivity contribution in [1.82, 2.24) is 24.8 Å². The molecule has 0 aromatic carbocycles. The summed E-state index contributed by atoms with van der Waals surface area (Å²) in [4.78, 5) is 44.8. The highest BCUT2D eigenvalue weighted by molar-refractivity contribution is 9.10. The Morgan fingerprint density at radius 1 is 0.704 bits per heavy atom. The van der Waals surface area contributed by atoms with Crippen LogP contribution in [0, 0.1) is 0 Å². The maximum atomic E-state index is 12.2. The SMILES string of the molecule is COc1cc(N2CCN(C(=O)OC(C)(C)C)C[C@@H]2C)ncc1Br.COc1ccnc(Cl)c1.COc1ccnc(N2CCN(C(=O)OC(C)(C)C)C[C@@H]2C)c1. The van der Waals surface area contributed by atoms with Gasteiger partial charge in [0.15, 0.2) is 0 Å². The summed E-state index contributed by atoms with van der Waals surface area (Å²) < 4.78 is 27.1. The van der Waals surface area contributed by atoms with Gasteiger partial charge in [-0.15, -0.1) is 0 Å². The van der Waals surface area contributed by atoms with Crippen LogP contribution < -0.4 is 24.0 Å². The average Bonchev–Trinajstić information content (AvgIpc) is 3.11. The highest BCUT2D eigenvalue weighted by Crippen LogP contribution is 2.29. The zero-order chi connectivity index (χ0) is 40.2. The fourth-order valence-corrected chi connectivity index (χ4v) is 6.04. The van der Waals surface area contributed by atoms with E-state index in [0.717, 1.165) is 39.9 Å². The van der Waals surface area contributed by atoms with E-state index >= 15 is 0 Å². The number of aromatic nitrogens is 3. The number of carbonyl (C=O) groups is 2. The van der Waals surface area contributed by atoms with E-state index in [4.69, 9.17) is 35.3 Å². The molecule has 0 radical (unpaired) electrons. The minimum Gasteiger partial charge on any atom is -0.497 e. The lowest BCUT2D eigenvalue weighted by molar-refractivity contribution is 0.0208. The van der Waals surface area contributed by atoms with E-state index in [9.17, 15) is 9.59 Å². The zero-order valence-electron chi connectivity index (χ0n) is 33.3. The number of amides is 2. The Morgan fingerprint density at radius 2 is 1.17 bits per heavy atom. The van der Waals surface area contributed by atoms with Crippen LogP contribution in [0.4, 0.5) is 21.2 Å². The molecule has 0 bridgehead atoms. The van der Waals surface area contributed by atoms with Crippen LogP contribution >= 0.6 is 27.5 Å². The maximum absolute atomic E-state index is 12.2. The lowest BCUT2D eigenvalue weighted by Crippen LogP contribution is -2.54. The molecule has 14 nitrogen and oxygen atoms in total. The first kappa shape index (κ1) is 44.2. The molecule has 3 aromatic rings. The van der Waals surface area contributed by atoms with Crippen LogP contribution in [-0.4, -0.2) is 121 Å². The summed E-state index contributed by atoms with van der Waals surface area (Å²) in [6.07, 6.45) is 4.56. The fourth-order valence-electron chi connectivity index (χ4n) is 5.50. The number of hydrogen-bond donors (Lipinski definition) is 0. The summed E-state index contributed by atoms with van der Waals surface area (Å²) in [5, 5.41) is 0.453. The van der Waals surface area contributed by atoms with Crippen molar-refractivity contribution in [3.63, 3.8) is 0 Å². The molecule has 5 rings (SSSR count). The van der Waals surface area contributed by atoms with Crippen molar-refractivity contribution >= 4 is 51.4 Å². The molecule has 3 aromatic heterocycles. The number of halogens is 2. The predicted octanol–water partition coefficient (Wildman–Crippen LogP) is 7.58. The van der Waals surface area contributed by atoms with Gasteiger partial charge in [-0.05, 0) is 83.5 Å². The number of nitrogens with zero attached hydrogens (tertiary/aromatic N) is 7. The first-order valence-electron chi connectivity index (χ1n) is 17.7. The van der Waals surface area contributed by atoms with Gasteiger partial charge in [0.2, 0.25) is 0 Å². The van der Waals surface area contributed by atoms with Crippen molar-refractivity contribution in [2.75, 3.05) is 70.4 Å². The summed E-state index contributed by atoms with van der Waals surface area (Å²) in [5.74, 6) is 3.98. The highest BCUT2D eigenvalue weighted by atomic mass is 79.9. The second-order valence-corrected chi connectivity index (χ2v) is 15.9. The van der Waals surface area contributed by atoms with Gasteiger partial charge in [-0.2, -0.15) is 0 Å². The first-order valence-corrected chi connectivity index (χ1v) is 18.9. The van der Waals surface area contributed by atoms with Crippen molar-refractivity contribution in [3.05, 3.63) is 58.5 Å². The summed E-state index contributed by atoms with van der Waals surface area (Å²) in [7, 11) is 4.86. The molecule has 0 unspecified atom stereocenters. The van der Waals surface area contributed by atoms with Crippen molar-refractivity contribution in [1.29, 1.82) is 0 Å². The Kier molecular flexibility index (Phi) is 16.3. The van der Waals surface area contributed by atoms with Crippen LogP contribution in [0.2, 0.25) is 5.15 Å². The third-order valence-corrected chi connectivity index (χ3v) is 8.86. The van der Waals surface area contributed by atoms with Crippen LogP contribution in [0.1, 0.15) is 55.4 Å². The van der Waals surface area contributed by atoms with E-state index in [1.54, 1.807) is 61.9 Å². The van der Waals surface area contributed by atoms with Gasteiger partial charge >= 0.3 is 12.2 Å². The van der Waals surface area contributed by atoms with Gasteiger partial charge in [-0.1, -0.05) is 11.6 Å². The van der Waals surface area contributed by atoms with Gasteiger partial charge in [0.25, 0.3) is 0 Å². The topological polar surface area (TPSA) is 132 Å². The Bertz CT molecular complexity index is 1670. The Balaban J connectivity index is 0.000000237. The van der Waals surface area contributed by atoms with Crippen LogP contribution in [0.25, 0.3) is 0 Å². The number of rotatable bonds is 5. The van der Waals surface area contributed by atoms with E-state index in [1.807, 2.05) is 59.7 Å². The maximum Gasteiger partial charge on any atom is 0.410 e. The molecule has 0 saturated carbocycles. The Morgan fingerprint density at radius 3 is 1.57 bits per heavy atom. The molecule has 5 heterocycles. The number of carbonyl (C=O) groups excluding carboxylic acids is 2. The van der Waals surface area contributed by atoms with Crippen LogP contribution in [-0.2, 0) is 9.47 Å². The molecule has 0 spiro atoms. The molecule has 2 aliphatic rings. The molecule has 2 amide bonds.